The minimum Gasteiger partial charge on any atom is -0.444 e. The SMILES string of the molecule is Cc1c(C(=O)NCCN2CCN(C(=O)OC(C)(C)C)CC2)cnn1-c1ccccc1. The maximum Gasteiger partial charge on any atom is 0.410 e. The Labute approximate surface area is 177 Å². The summed E-state index contributed by atoms with van der Waals surface area (Å²) in [4.78, 5) is 28.7. The molecule has 1 N–H and O–H groups in total. The van der Waals surface area contributed by atoms with Crippen LogP contribution in [0.5, 0.6) is 0 Å². The second-order valence-electron chi connectivity index (χ2n) is 8.46. The van der Waals surface area contributed by atoms with Crippen molar-refractivity contribution in [2.24, 2.45) is 0 Å². The molecule has 0 aliphatic carbocycles. The molecule has 8 heteroatoms. The minimum absolute atomic E-state index is 0.123. The van der Waals surface area contributed by atoms with Crippen LogP contribution in [-0.2, 0) is 4.74 Å². The van der Waals surface area contributed by atoms with E-state index in [0.29, 0.717) is 25.2 Å². The second kappa shape index (κ2) is 9.30. The van der Waals surface area contributed by atoms with E-state index in [1.54, 1.807) is 15.8 Å². The molecule has 0 unspecified atom stereocenters. The fourth-order valence-corrected chi connectivity index (χ4v) is 3.37. The molecular weight excluding hydrogens is 382 g/mol. The third-order valence-electron chi connectivity index (χ3n) is 4.99. The Morgan fingerprint density at radius 3 is 2.40 bits per heavy atom. The molecule has 0 atom stereocenters. The molecule has 1 aromatic heterocycles. The molecular formula is C22H31N5O3. The maximum absolute atomic E-state index is 12.6. The molecule has 1 aliphatic rings. The van der Waals surface area contributed by atoms with E-state index >= 15 is 0 Å². The molecule has 0 spiro atoms. The zero-order valence-electron chi connectivity index (χ0n) is 18.2. The van der Waals surface area contributed by atoms with Crippen LogP contribution in [0, 0.1) is 6.92 Å². The number of aromatic nitrogens is 2. The molecule has 0 radical (unpaired) electrons. The van der Waals surface area contributed by atoms with Gasteiger partial charge in [0, 0.05) is 39.3 Å². The van der Waals surface area contributed by atoms with Gasteiger partial charge in [-0.2, -0.15) is 5.10 Å². The lowest BCUT2D eigenvalue weighted by Gasteiger charge is -2.35. The molecule has 2 amide bonds. The first-order valence-corrected chi connectivity index (χ1v) is 10.3. The number of amides is 2. The number of carbonyl (C=O) groups excluding carboxylic acids is 2. The van der Waals surface area contributed by atoms with Crippen LogP contribution in [0.4, 0.5) is 4.79 Å². The number of hydrogen-bond donors (Lipinski definition) is 1. The van der Waals surface area contributed by atoms with Gasteiger partial charge in [0.1, 0.15) is 5.60 Å². The first-order valence-electron chi connectivity index (χ1n) is 10.3. The highest BCUT2D eigenvalue weighted by Crippen LogP contribution is 2.14. The van der Waals surface area contributed by atoms with Crippen molar-refractivity contribution < 1.29 is 14.3 Å². The molecule has 0 bridgehead atoms. The van der Waals surface area contributed by atoms with E-state index in [2.05, 4.69) is 15.3 Å². The Bertz CT molecular complexity index is 865. The number of carbonyl (C=O) groups is 2. The number of nitrogens with one attached hydrogen (secondary N) is 1. The second-order valence-corrected chi connectivity index (χ2v) is 8.46. The van der Waals surface area contributed by atoms with Crippen LogP contribution >= 0.6 is 0 Å². The fourth-order valence-electron chi connectivity index (χ4n) is 3.37. The molecule has 0 saturated carbocycles. The number of para-hydroxylation sites is 1. The van der Waals surface area contributed by atoms with Gasteiger partial charge in [0.2, 0.25) is 0 Å². The Hall–Kier alpha value is -2.87. The van der Waals surface area contributed by atoms with E-state index in [-0.39, 0.29) is 12.0 Å². The number of ether oxygens (including phenoxy) is 1. The van der Waals surface area contributed by atoms with Crippen LogP contribution < -0.4 is 5.32 Å². The van der Waals surface area contributed by atoms with Gasteiger partial charge in [-0.1, -0.05) is 18.2 Å². The summed E-state index contributed by atoms with van der Waals surface area (Å²) in [5, 5.41) is 7.33. The number of hydrogen-bond acceptors (Lipinski definition) is 5. The third kappa shape index (κ3) is 5.60. The van der Waals surface area contributed by atoms with Crippen molar-refractivity contribution in [1.29, 1.82) is 0 Å². The lowest BCUT2D eigenvalue weighted by molar-refractivity contribution is 0.0147. The molecule has 162 valence electrons. The number of rotatable bonds is 5. The lowest BCUT2D eigenvalue weighted by atomic mass is 10.2. The Balaban J connectivity index is 1.44. The molecule has 2 heterocycles. The molecule has 30 heavy (non-hydrogen) atoms. The Morgan fingerprint density at radius 1 is 1.10 bits per heavy atom. The van der Waals surface area contributed by atoms with Gasteiger partial charge < -0.3 is 15.0 Å². The lowest BCUT2D eigenvalue weighted by Crippen LogP contribution is -2.51. The summed E-state index contributed by atoms with van der Waals surface area (Å²) < 4.78 is 7.19. The van der Waals surface area contributed by atoms with E-state index in [1.807, 2.05) is 58.0 Å². The maximum atomic E-state index is 12.6. The first-order chi connectivity index (χ1) is 14.2. The minimum atomic E-state index is -0.481. The molecule has 1 aliphatic heterocycles. The summed E-state index contributed by atoms with van der Waals surface area (Å²) in [6, 6.07) is 9.75. The zero-order valence-corrected chi connectivity index (χ0v) is 18.2. The highest BCUT2D eigenvalue weighted by molar-refractivity contribution is 5.95. The van der Waals surface area contributed by atoms with E-state index in [9.17, 15) is 9.59 Å². The van der Waals surface area contributed by atoms with E-state index in [0.717, 1.165) is 31.0 Å². The van der Waals surface area contributed by atoms with Crippen molar-refractivity contribution in [2.75, 3.05) is 39.3 Å². The highest BCUT2D eigenvalue weighted by atomic mass is 16.6. The van der Waals surface area contributed by atoms with Gasteiger partial charge in [-0.05, 0) is 39.8 Å². The monoisotopic (exact) mass is 413 g/mol. The van der Waals surface area contributed by atoms with Crippen molar-refractivity contribution in [1.82, 2.24) is 24.9 Å². The number of piperazine rings is 1. The van der Waals surface area contributed by atoms with Crippen molar-refractivity contribution in [3.8, 4) is 5.69 Å². The summed E-state index contributed by atoms with van der Waals surface area (Å²) in [5.41, 5.74) is 1.83. The van der Waals surface area contributed by atoms with Gasteiger partial charge in [-0.3, -0.25) is 9.69 Å². The molecule has 1 fully saturated rings. The molecule has 8 nitrogen and oxygen atoms in total. The van der Waals surface area contributed by atoms with Gasteiger partial charge in [0.25, 0.3) is 5.91 Å². The summed E-state index contributed by atoms with van der Waals surface area (Å²) in [6.07, 6.45) is 1.35. The molecule has 1 saturated heterocycles. The summed E-state index contributed by atoms with van der Waals surface area (Å²) in [7, 11) is 0. The topological polar surface area (TPSA) is 79.7 Å². The highest BCUT2D eigenvalue weighted by Gasteiger charge is 2.25. The third-order valence-corrected chi connectivity index (χ3v) is 4.99. The summed E-state index contributed by atoms with van der Waals surface area (Å²) in [6.45, 7) is 11.6. The van der Waals surface area contributed by atoms with Crippen molar-refractivity contribution in [3.63, 3.8) is 0 Å². The van der Waals surface area contributed by atoms with Crippen LogP contribution in [0.3, 0.4) is 0 Å². The standard InChI is InChI=1S/C22H31N5O3/c1-17-19(16-24-27(17)18-8-6-5-7-9-18)20(28)23-10-11-25-12-14-26(15-13-25)21(29)30-22(2,3)4/h5-9,16H,10-15H2,1-4H3,(H,23,28). The van der Waals surface area contributed by atoms with E-state index < -0.39 is 5.60 Å². The van der Waals surface area contributed by atoms with Crippen molar-refractivity contribution >= 4 is 12.0 Å². The smallest absolute Gasteiger partial charge is 0.410 e. The van der Waals surface area contributed by atoms with E-state index in [4.69, 9.17) is 4.74 Å². The van der Waals surface area contributed by atoms with Crippen molar-refractivity contribution in [3.05, 3.63) is 47.8 Å². The average molecular weight is 414 g/mol. The van der Waals surface area contributed by atoms with Gasteiger partial charge >= 0.3 is 6.09 Å². The van der Waals surface area contributed by atoms with Crippen LogP contribution in [0.2, 0.25) is 0 Å². The van der Waals surface area contributed by atoms with Gasteiger partial charge in [-0.15, -0.1) is 0 Å². The quantitative estimate of drug-likeness (QED) is 0.815. The number of benzene rings is 1. The summed E-state index contributed by atoms with van der Waals surface area (Å²) in [5.74, 6) is -0.123. The predicted molar refractivity (Wildman–Crippen MR) is 115 cm³/mol. The van der Waals surface area contributed by atoms with Gasteiger partial charge in [0.05, 0.1) is 23.1 Å². The van der Waals surface area contributed by atoms with Crippen LogP contribution in [0.1, 0.15) is 36.8 Å². The van der Waals surface area contributed by atoms with Crippen LogP contribution in [0.15, 0.2) is 36.5 Å². The fraction of sp³-hybridized carbons (Fsp3) is 0.500. The largest absolute Gasteiger partial charge is 0.444 e. The predicted octanol–water partition coefficient (Wildman–Crippen LogP) is 2.46. The van der Waals surface area contributed by atoms with Crippen LogP contribution in [0.25, 0.3) is 5.69 Å². The Kier molecular flexibility index (Phi) is 6.77. The number of nitrogens with zero attached hydrogens (tertiary/aromatic N) is 4. The molecule has 1 aromatic carbocycles. The normalized spacial score (nSPS) is 15.1. The van der Waals surface area contributed by atoms with E-state index in [1.165, 1.54) is 0 Å². The zero-order chi connectivity index (χ0) is 21.7. The van der Waals surface area contributed by atoms with Crippen LogP contribution in [-0.4, -0.2) is 76.5 Å². The first kappa shape index (κ1) is 21.8. The van der Waals surface area contributed by atoms with Gasteiger partial charge in [-0.25, -0.2) is 9.48 Å². The Morgan fingerprint density at radius 2 is 1.77 bits per heavy atom. The summed E-state index contributed by atoms with van der Waals surface area (Å²) >= 11 is 0. The van der Waals surface area contributed by atoms with Crippen molar-refractivity contribution in [2.45, 2.75) is 33.3 Å². The molecule has 3 rings (SSSR count). The average Bonchev–Trinajstić information content (AvgIpc) is 3.09. The molecule has 2 aromatic rings. The van der Waals surface area contributed by atoms with Gasteiger partial charge in [0.15, 0.2) is 0 Å².